The van der Waals surface area contributed by atoms with E-state index < -0.39 is 6.04 Å². The molecule has 0 saturated carbocycles. The molecule has 2 amide bonds. The highest BCUT2D eigenvalue weighted by molar-refractivity contribution is 5.97. The van der Waals surface area contributed by atoms with E-state index in [1.165, 1.54) is 6.20 Å². The van der Waals surface area contributed by atoms with Gasteiger partial charge in [0.25, 0.3) is 5.91 Å². The summed E-state index contributed by atoms with van der Waals surface area (Å²) in [6.07, 6.45) is 5.52. The van der Waals surface area contributed by atoms with E-state index in [9.17, 15) is 9.59 Å². The average molecular weight is 366 g/mol. The van der Waals surface area contributed by atoms with Crippen molar-refractivity contribution in [2.45, 2.75) is 44.3 Å². The second kappa shape index (κ2) is 9.28. The van der Waals surface area contributed by atoms with Gasteiger partial charge in [0, 0.05) is 30.9 Å². The average Bonchev–Trinajstić information content (AvgIpc) is 2.70. The zero-order chi connectivity index (χ0) is 19.1. The number of piperidine rings is 1. The van der Waals surface area contributed by atoms with Gasteiger partial charge < -0.3 is 16.0 Å². The Hall–Kier alpha value is -2.73. The van der Waals surface area contributed by atoms with Crippen LogP contribution in [0.3, 0.4) is 0 Å². The molecule has 1 saturated heterocycles. The number of nitrogens with zero attached hydrogens (tertiary/aromatic N) is 1. The fraction of sp³-hybridized carbons (Fsp3) is 0.381. The molecule has 0 aliphatic carbocycles. The number of aromatic nitrogens is 1. The molecule has 3 rings (SSSR count). The highest BCUT2D eigenvalue weighted by Crippen LogP contribution is 2.10. The van der Waals surface area contributed by atoms with Crippen LogP contribution < -0.4 is 16.0 Å². The van der Waals surface area contributed by atoms with E-state index in [0.29, 0.717) is 12.0 Å². The van der Waals surface area contributed by atoms with Crippen molar-refractivity contribution in [3.05, 3.63) is 66.0 Å². The summed E-state index contributed by atoms with van der Waals surface area (Å²) in [4.78, 5) is 29.5. The Balaban J connectivity index is 1.72. The normalized spacial score (nSPS) is 20.5. The van der Waals surface area contributed by atoms with Crippen molar-refractivity contribution in [2.24, 2.45) is 0 Å². The molecule has 3 atom stereocenters. The minimum atomic E-state index is -0.644. The number of rotatable bonds is 6. The molecule has 0 radical (unpaired) electrons. The number of carbonyl (C=O) groups is 2. The van der Waals surface area contributed by atoms with E-state index in [0.717, 1.165) is 24.9 Å². The maximum absolute atomic E-state index is 13.0. The Morgan fingerprint density at radius 2 is 2.04 bits per heavy atom. The number of benzene rings is 1. The maximum Gasteiger partial charge on any atom is 0.253 e. The number of pyridine rings is 1. The van der Waals surface area contributed by atoms with Gasteiger partial charge in [-0.05, 0) is 44.0 Å². The van der Waals surface area contributed by atoms with Crippen molar-refractivity contribution in [3.63, 3.8) is 0 Å². The summed E-state index contributed by atoms with van der Waals surface area (Å²) in [5.41, 5.74) is 1.44. The SMILES string of the molecule is CC1NCCCC1NC(=O)C(Cc1ccccc1)NC(=O)c1cccnc1. The molecule has 2 aromatic rings. The van der Waals surface area contributed by atoms with E-state index in [2.05, 4.69) is 27.9 Å². The van der Waals surface area contributed by atoms with E-state index >= 15 is 0 Å². The van der Waals surface area contributed by atoms with Crippen LogP contribution in [0.5, 0.6) is 0 Å². The van der Waals surface area contributed by atoms with Crippen molar-refractivity contribution in [1.82, 2.24) is 20.9 Å². The van der Waals surface area contributed by atoms with Crippen LogP contribution in [0.25, 0.3) is 0 Å². The summed E-state index contributed by atoms with van der Waals surface area (Å²) >= 11 is 0. The molecule has 1 fully saturated rings. The summed E-state index contributed by atoms with van der Waals surface area (Å²) in [5.74, 6) is -0.453. The first kappa shape index (κ1) is 19.0. The van der Waals surface area contributed by atoms with Gasteiger partial charge in [0.1, 0.15) is 6.04 Å². The first-order valence-electron chi connectivity index (χ1n) is 9.42. The minimum absolute atomic E-state index is 0.0693. The number of hydrogen-bond acceptors (Lipinski definition) is 4. The highest BCUT2D eigenvalue weighted by Gasteiger charge is 2.27. The lowest BCUT2D eigenvalue weighted by molar-refractivity contribution is -0.124. The van der Waals surface area contributed by atoms with Crippen molar-refractivity contribution < 1.29 is 9.59 Å². The van der Waals surface area contributed by atoms with Crippen LogP contribution in [-0.4, -0.2) is 41.5 Å². The molecular formula is C21H26N4O2. The standard InChI is InChI=1S/C21H26N4O2/c1-15-18(10-6-12-23-15)24-21(27)19(13-16-7-3-2-4-8-16)25-20(26)17-9-5-11-22-14-17/h2-5,7-9,11,14-15,18-19,23H,6,10,12-13H2,1H3,(H,24,27)(H,25,26). The van der Waals surface area contributed by atoms with Crippen LogP contribution >= 0.6 is 0 Å². The predicted octanol–water partition coefficient (Wildman–Crippen LogP) is 1.68. The van der Waals surface area contributed by atoms with E-state index in [1.54, 1.807) is 18.3 Å². The second-order valence-corrected chi connectivity index (χ2v) is 6.96. The van der Waals surface area contributed by atoms with Crippen LogP contribution in [0.1, 0.15) is 35.7 Å². The first-order chi connectivity index (χ1) is 13.1. The number of nitrogens with one attached hydrogen (secondary N) is 3. The van der Waals surface area contributed by atoms with Gasteiger partial charge in [-0.2, -0.15) is 0 Å². The van der Waals surface area contributed by atoms with Gasteiger partial charge >= 0.3 is 0 Å². The second-order valence-electron chi connectivity index (χ2n) is 6.96. The Morgan fingerprint density at radius 1 is 1.22 bits per heavy atom. The lowest BCUT2D eigenvalue weighted by Crippen LogP contribution is -2.57. The molecule has 1 aromatic carbocycles. The van der Waals surface area contributed by atoms with E-state index in [-0.39, 0.29) is 23.9 Å². The fourth-order valence-corrected chi connectivity index (χ4v) is 3.32. The number of hydrogen-bond donors (Lipinski definition) is 3. The number of carbonyl (C=O) groups excluding carboxylic acids is 2. The number of amides is 2. The summed E-state index contributed by atoms with van der Waals surface area (Å²) in [6.45, 7) is 3.04. The van der Waals surface area contributed by atoms with Crippen LogP contribution in [-0.2, 0) is 11.2 Å². The third-order valence-electron chi connectivity index (χ3n) is 4.92. The van der Waals surface area contributed by atoms with Crippen LogP contribution in [0.2, 0.25) is 0 Å². The molecule has 1 aliphatic rings. The molecule has 3 unspecified atom stereocenters. The monoisotopic (exact) mass is 366 g/mol. The molecular weight excluding hydrogens is 340 g/mol. The summed E-state index contributed by atoms with van der Waals surface area (Å²) in [7, 11) is 0. The van der Waals surface area contributed by atoms with Gasteiger partial charge in [0.2, 0.25) is 5.91 Å². The van der Waals surface area contributed by atoms with Crippen LogP contribution in [0.15, 0.2) is 54.9 Å². The Kier molecular flexibility index (Phi) is 6.54. The van der Waals surface area contributed by atoms with Gasteiger partial charge in [-0.3, -0.25) is 14.6 Å². The van der Waals surface area contributed by atoms with Crippen LogP contribution in [0.4, 0.5) is 0 Å². The Labute approximate surface area is 159 Å². The molecule has 2 heterocycles. The highest BCUT2D eigenvalue weighted by atomic mass is 16.2. The molecule has 27 heavy (non-hydrogen) atoms. The Bertz CT molecular complexity index is 751. The molecule has 6 heteroatoms. The first-order valence-corrected chi connectivity index (χ1v) is 9.42. The lowest BCUT2D eigenvalue weighted by atomic mass is 9.98. The fourth-order valence-electron chi connectivity index (χ4n) is 3.32. The van der Waals surface area contributed by atoms with Gasteiger partial charge in [-0.25, -0.2) is 0 Å². The molecule has 6 nitrogen and oxygen atoms in total. The predicted molar refractivity (Wildman–Crippen MR) is 104 cm³/mol. The quantitative estimate of drug-likeness (QED) is 0.726. The van der Waals surface area contributed by atoms with Gasteiger partial charge in [0.05, 0.1) is 5.56 Å². The van der Waals surface area contributed by atoms with Crippen molar-refractivity contribution >= 4 is 11.8 Å². The maximum atomic E-state index is 13.0. The van der Waals surface area contributed by atoms with Crippen molar-refractivity contribution in [3.8, 4) is 0 Å². The third kappa shape index (κ3) is 5.37. The molecule has 3 N–H and O–H groups in total. The van der Waals surface area contributed by atoms with Crippen molar-refractivity contribution in [2.75, 3.05) is 6.54 Å². The smallest absolute Gasteiger partial charge is 0.253 e. The van der Waals surface area contributed by atoms with Crippen LogP contribution in [0, 0.1) is 0 Å². The zero-order valence-electron chi connectivity index (χ0n) is 15.5. The molecule has 1 aromatic heterocycles. The Morgan fingerprint density at radius 3 is 2.74 bits per heavy atom. The van der Waals surface area contributed by atoms with Crippen molar-refractivity contribution in [1.29, 1.82) is 0 Å². The largest absolute Gasteiger partial charge is 0.350 e. The molecule has 0 spiro atoms. The summed E-state index contributed by atoms with van der Waals surface area (Å²) in [5, 5.41) is 9.37. The third-order valence-corrected chi connectivity index (χ3v) is 4.92. The van der Waals surface area contributed by atoms with E-state index in [4.69, 9.17) is 0 Å². The molecule has 142 valence electrons. The topological polar surface area (TPSA) is 83.1 Å². The van der Waals surface area contributed by atoms with Gasteiger partial charge in [-0.15, -0.1) is 0 Å². The zero-order valence-corrected chi connectivity index (χ0v) is 15.5. The molecule has 0 bridgehead atoms. The molecule has 1 aliphatic heterocycles. The summed E-state index contributed by atoms with van der Waals surface area (Å²) < 4.78 is 0. The van der Waals surface area contributed by atoms with Gasteiger partial charge in [0.15, 0.2) is 0 Å². The summed E-state index contributed by atoms with van der Waals surface area (Å²) in [6, 6.07) is 12.7. The van der Waals surface area contributed by atoms with E-state index in [1.807, 2.05) is 30.3 Å². The minimum Gasteiger partial charge on any atom is -0.350 e. The van der Waals surface area contributed by atoms with Gasteiger partial charge in [-0.1, -0.05) is 30.3 Å². The lowest BCUT2D eigenvalue weighted by Gasteiger charge is -2.32.